The molecule has 7 aromatic rings. The van der Waals surface area contributed by atoms with Crippen LogP contribution in [-0.2, 0) is 6.18 Å². The van der Waals surface area contributed by atoms with E-state index in [9.17, 15) is 13.2 Å². The number of halogens is 3. The molecule has 0 radical (unpaired) electrons. The van der Waals surface area contributed by atoms with E-state index in [0.717, 1.165) is 48.4 Å². The third kappa shape index (κ3) is 5.54. The Kier molecular flexibility index (Phi) is 7.32. The second-order valence-electron chi connectivity index (χ2n) is 9.66. The van der Waals surface area contributed by atoms with E-state index in [4.69, 9.17) is 4.98 Å². The number of pyridine rings is 2. The third-order valence-corrected chi connectivity index (χ3v) is 10.1. The van der Waals surface area contributed by atoms with E-state index in [2.05, 4.69) is 44.4 Å². The number of alkyl halides is 3. The van der Waals surface area contributed by atoms with Crippen molar-refractivity contribution in [1.82, 2.24) is 30.4 Å². The molecule has 0 aliphatic rings. The Bertz CT molecular complexity index is 2110. The average Bonchev–Trinajstić information content (AvgIpc) is 3.82. The van der Waals surface area contributed by atoms with Gasteiger partial charge in [0, 0.05) is 11.1 Å². The van der Waals surface area contributed by atoms with Gasteiger partial charge in [0.05, 0.1) is 26.7 Å². The van der Waals surface area contributed by atoms with Crippen LogP contribution in [0.1, 0.15) is 11.1 Å². The number of benzene rings is 2. The predicted octanol–water partition coefficient (Wildman–Crippen LogP) is 9.57. The van der Waals surface area contributed by atoms with Crippen molar-refractivity contribution < 1.29 is 13.2 Å². The highest BCUT2D eigenvalue weighted by Gasteiger charge is 2.33. The molecule has 5 aromatic heterocycles. The third-order valence-electron chi connectivity index (χ3n) is 6.74. The number of nitrogens with zero attached hydrogens (tertiary/aromatic N) is 6. The Morgan fingerprint density at radius 1 is 0.477 bits per heavy atom. The van der Waals surface area contributed by atoms with Crippen LogP contribution in [-0.4, -0.2) is 30.4 Å². The number of aromatic nitrogens is 6. The molecule has 7 rings (SSSR count). The first-order valence-electron chi connectivity index (χ1n) is 13.3. The minimum Gasteiger partial charge on any atom is -0.245 e. The van der Waals surface area contributed by atoms with Gasteiger partial charge in [0.25, 0.3) is 0 Å². The van der Waals surface area contributed by atoms with E-state index in [-0.39, 0.29) is 11.3 Å². The van der Waals surface area contributed by atoms with Gasteiger partial charge in [-0.3, -0.25) is 0 Å². The standard InChI is InChI=1S/C32H19F3N6S3/c1-18-8-2-3-9-19(18)22-12-6-14-24(36-22)28-38-40-30(43-28)26-16-17-27(42-26)31-41-39-29(44-31)25-15-7-13-23(37-25)20-10-4-5-11-21(20)32(33,34)35/h2-17H,1H3. The SMILES string of the molecule is Cc1ccccc1-c1cccc(-c2nnc(-c3ccc(-c4nnc(-c5cccc(-c6ccccc6C(F)(F)F)n5)s4)s3)s2)n1. The first-order valence-corrected chi connectivity index (χ1v) is 15.7. The van der Waals surface area contributed by atoms with E-state index in [1.807, 2.05) is 42.5 Å². The number of aryl methyl sites for hydroxylation is 1. The molecule has 0 atom stereocenters. The summed E-state index contributed by atoms with van der Waals surface area (Å²) in [4.78, 5) is 11.2. The number of rotatable bonds is 6. The van der Waals surface area contributed by atoms with E-state index in [1.165, 1.54) is 46.1 Å². The van der Waals surface area contributed by atoms with Gasteiger partial charge >= 0.3 is 6.18 Å². The smallest absolute Gasteiger partial charge is 0.245 e. The molecule has 0 saturated carbocycles. The van der Waals surface area contributed by atoms with E-state index >= 15 is 0 Å². The van der Waals surface area contributed by atoms with Crippen molar-refractivity contribution in [3.63, 3.8) is 0 Å². The molecule has 0 amide bonds. The molecule has 12 heteroatoms. The van der Waals surface area contributed by atoms with Gasteiger partial charge in [0.15, 0.2) is 20.0 Å². The Labute approximate surface area is 261 Å². The number of hydrogen-bond donors (Lipinski definition) is 0. The van der Waals surface area contributed by atoms with Crippen LogP contribution >= 0.6 is 34.0 Å². The van der Waals surface area contributed by atoms with Gasteiger partial charge < -0.3 is 0 Å². The van der Waals surface area contributed by atoms with Gasteiger partial charge in [-0.2, -0.15) is 13.2 Å². The van der Waals surface area contributed by atoms with Crippen LogP contribution in [0.2, 0.25) is 0 Å². The average molecular weight is 641 g/mol. The lowest BCUT2D eigenvalue weighted by molar-refractivity contribution is -0.137. The molecule has 0 saturated heterocycles. The summed E-state index contributed by atoms with van der Waals surface area (Å²) in [5, 5.41) is 20.1. The second kappa shape index (κ2) is 11.5. The molecule has 0 fully saturated rings. The fraction of sp³-hybridized carbons (Fsp3) is 0.0625. The molecule has 0 bridgehead atoms. The van der Waals surface area contributed by atoms with Gasteiger partial charge in [-0.15, -0.1) is 31.7 Å². The molecule has 6 nitrogen and oxygen atoms in total. The lowest BCUT2D eigenvalue weighted by Gasteiger charge is -2.12. The van der Waals surface area contributed by atoms with Crippen molar-refractivity contribution in [2.75, 3.05) is 0 Å². The van der Waals surface area contributed by atoms with Crippen molar-refractivity contribution in [2.24, 2.45) is 0 Å². The fourth-order valence-electron chi connectivity index (χ4n) is 4.64. The first kappa shape index (κ1) is 28.1. The first-order chi connectivity index (χ1) is 21.3. The molecule has 44 heavy (non-hydrogen) atoms. The van der Waals surface area contributed by atoms with Crippen LogP contribution in [0.25, 0.3) is 63.7 Å². The Hall–Kier alpha value is -4.65. The predicted molar refractivity (Wildman–Crippen MR) is 169 cm³/mol. The van der Waals surface area contributed by atoms with Crippen LogP contribution in [0.3, 0.4) is 0 Å². The Balaban J connectivity index is 1.13. The van der Waals surface area contributed by atoms with E-state index in [0.29, 0.717) is 15.7 Å². The second-order valence-corrected chi connectivity index (χ2v) is 12.7. The normalized spacial score (nSPS) is 11.6. The maximum absolute atomic E-state index is 13.6. The van der Waals surface area contributed by atoms with Crippen molar-refractivity contribution in [1.29, 1.82) is 0 Å². The minimum absolute atomic E-state index is 0.0167. The van der Waals surface area contributed by atoms with Crippen molar-refractivity contribution in [2.45, 2.75) is 13.1 Å². The number of hydrogen-bond acceptors (Lipinski definition) is 9. The molecule has 5 heterocycles. The fourth-order valence-corrected chi connectivity index (χ4v) is 7.37. The van der Waals surface area contributed by atoms with Crippen LogP contribution in [0.5, 0.6) is 0 Å². The van der Waals surface area contributed by atoms with Gasteiger partial charge in [0.1, 0.15) is 11.4 Å². The molecular formula is C32H19F3N6S3. The zero-order chi connectivity index (χ0) is 30.3. The lowest BCUT2D eigenvalue weighted by atomic mass is 10.0. The van der Waals surface area contributed by atoms with Crippen LogP contribution in [0.15, 0.2) is 97.1 Å². The van der Waals surface area contributed by atoms with Gasteiger partial charge in [-0.25, -0.2) is 9.97 Å². The summed E-state index contributed by atoms with van der Waals surface area (Å²) in [6.45, 7) is 2.06. The molecule has 0 spiro atoms. The van der Waals surface area contributed by atoms with Gasteiger partial charge in [-0.1, -0.05) is 77.3 Å². The zero-order valence-corrected chi connectivity index (χ0v) is 25.2. The molecule has 0 aliphatic carbocycles. The number of thiophene rings is 1. The highest BCUT2D eigenvalue weighted by atomic mass is 32.1. The molecule has 216 valence electrons. The van der Waals surface area contributed by atoms with Crippen LogP contribution in [0, 0.1) is 6.92 Å². The van der Waals surface area contributed by atoms with Crippen molar-refractivity contribution >= 4 is 34.0 Å². The maximum Gasteiger partial charge on any atom is 0.417 e. The topological polar surface area (TPSA) is 77.3 Å². The summed E-state index contributed by atoms with van der Waals surface area (Å²) in [6, 6.07) is 28.3. The van der Waals surface area contributed by atoms with E-state index in [1.54, 1.807) is 24.3 Å². The quantitative estimate of drug-likeness (QED) is 0.180. The molecule has 0 unspecified atom stereocenters. The van der Waals surface area contributed by atoms with Crippen molar-refractivity contribution in [3.05, 3.63) is 108 Å². The Morgan fingerprint density at radius 2 is 0.955 bits per heavy atom. The summed E-state index contributed by atoms with van der Waals surface area (Å²) in [5.74, 6) is 0. The molecule has 0 N–H and O–H groups in total. The van der Waals surface area contributed by atoms with Crippen LogP contribution < -0.4 is 0 Å². The summed E-state index contributed by atoms with van der Waals surface area (Å²) >= 11 is 4.30. The highest BCUT2D eigenvalue weighted by Crippen LogP contribution is 2.40. The summed E-state index contributed by atoms with van der Waals surface area (Å²) in [7, 11) is 0. The summed E-state index contributed by atoms with van der Waals surface area (Å²) in [6.07, 6.45) is -4.49. The monoisotopic (exact) mass is 640 g/mol. The highest BCUT2D eigenvalue weighted by molar-refractivity contribution is 7.27. The summed E-state index contributed by atoms with van der Waals surface area (Å²) < 4.78 is 40.8. The Morgan fingerprint density at radius 3 is 1.52 bits per heavy atom. The van der Waals surface area contributed by atoms with Gasteiger partial charge in [-0.05, 0) is 55.0 Å². The lowest BCUT2D eigenvalue weighted by Crippen LogP contribution is -2.07. The van der Waals surface area contributed by atoms with Gasteiger partial charge in [0.2, 0.25) is 0 Å². The largest absolute Gasteiger partial charge is 0.417 e. The molecule has 0 aliphatic heterocycles. The maximum atomic E-state index is 13.6. The summed E-state index contributed by atoms with van der Waals surface area (Å²) in [5.41, 5.74) is 3.82. The molecular weight excluding hydrogens is 622 g/mol. The van der Waals surface area contributed by atoms with Crippen LogP contribution in [0.4, 0.5) is 13.2 Å². The van der Waals surface area contributed by atoms with Crippen molar-refractivity contribution in [3.8, 4) is 63.7 Å². The van der Waals surface area contributed by atoms with E-state index < -0.39 is 11.7 Å². The minimum atomic E-state index is -4.49. The molecule has 2 aromatic carbocycles. The zero-order valence-electron chi connectivity index (χ0n) is 22.8.